The molecule has 2 fully saturated rings. The first-order valence-electron chi connectivity index (χ1n) is 4.89. The number of thioether (sulfide) groups is 1. The molecule has 0 aromatic heterocycles. The molecule has 2 rings (SSSR count). The molecule has 0 aliphatic carbocycles. The van der Waals surface area contributed by atoms with Crippen molar-refractivity contribution < 1.29 is 19.8 Å². The van der Waals surface area contributed by atoms with Gasteiger partial charge in [-0.05, 0) is 13.8 Å². The molecular formula is C9H14N2O4S. The summed E-state index contributed by atoms with van der Waals surface area (Å²) in [5.41, 5.74) is 4.45. The second kappa shape index (κ2) is 3.12. The Morgan fingerprint density at radius 2 is 2.19 bits per heavy atom. The van der Waals surface area contributed by atoms with E-state index in [1.165, 1.54) is 16.7 Å². The van der Waals surface area contributed by atoms with Crippen molar-refractivity contribution in [3.05, 3.63) is 0 Å². The number of amides is 1. The Morgan fingerprint density at radius 1 is 1.62 bits per heavy atom. The molecule has 0 spiro atoms. The number of rotatable bonds is 2. The molecule has 2 aliphatic rings. The summed E-state index contributed by atoms with van der Waals surface area (Å²) in [5, 5.41) is 17.8. The van der Waals surface area contributed by atoms with Gasteiger partial charge in [-0.3, -0.25) is 4.79 Å². The Morgan fingerprint density at radius 3 is 2.62 bits per heavy atom. The van der Waals surface area contributed by atoms with E-state index >= 15 is 0 Å². The molecule has 0 aromatic rings. The molecular weight excluding hydrogens is 232 g/mol. The zero-order valence-corrected chi connectivity index (χ0v) is 9.82. The monoisotopic (exact) mass is 246 g/mol. The van der Waals surface area contributed by atoms with E-state index in [4.69, 9.17) is 15.9 Å². The second-order valence-corrected chi connectivity index (χ2v) is 6.46. The van der Waals surface area contributed by atoms with Crippen molar-refractivity contribution in [3.8, 4) is 0 Å². The zero-order valence-electron chi connectivity index (χ0n) is 9.01. The highest BCUT2D eigenvalue weighted by Crippen LogP contribution is 2.53. The van der Waals surface area contributed by atoms with Crippen LogP contribution in [0, 0.1) is 0 Å². The number of carbonyl (C=O) groups excluding carboxylic acids is 1. The maximum atomic E-state index is 11.8. The van der Waals surface area contributed by atoms with Gasteiger partial charge in [-0.1, -0.05) is 0 Å². The minimum atomic E-state index is -1.31. The van der Waals surface area contributed by atoms with Crippen LogP contribution in [0.3, 0.4) is 0 Å². The molecule has 2 heterocycles. The highest BCUT2D eigenvalue weighted by atomic mass is 32.2. The molecule has 0 unspecified atom stereocenters. The maximum absolute atomic E-state index is 11.8. The van der Waals surface area contributed by atoms with Gasteiger partial charge < -0.3 is 20.8 Å². The quantitative estimate of drug-likeness (QED) is 0.530. The summed E-state index contributed by atoms with van der Waals surface area (Å²) in [6, 6.07) is -0.877. The summed E-state index contributed by atoms with van der Waals surface area (Å²) in [5.74, 6) is -1.51. The van der Waals surface area contributed by atoms with Gasteiger partial charge in [-0.2, -0.15) is 0 Å². The Hall–Kier alpha value is -0.790. The van der Waals surface area contributed by atoms with Crippen LogP contribution in [0.5, 0.6) is 0 Å². The Balaban J connectivity index is 2.35. The number of nitrogens with zero attached hydrogens (tertiary/aromatic N) is 1. The van der Waals surface area contributed by atoms with E-state index in [2.05, 4.69) is 0 Å². The van der Waals surface area contributed by atoms with Crippen molar-refractivity contribution in [1.82, 2.24) is 4.90 Å². The number of nitrogens with two attached hydrogens (primary N) is 1. The van der Waals surface area contributed by atoms with Gasteiger partial charge in [0.25, 0.3) is 0 Å². The number of β-lactam (4-membered cyclic amide) rings is 1. The van der Waals surface area contributed by atoms with Crippen molar-refractivity contribution >= 4 is 23.6 Å². The van der Waals surface area contributed by atoms with Crippen molar-refractivity contribution in [2.45, 2.75) is 35.5 Å². The number of hydrogen-bond acceptors (Lipinski definition) is 5. The highest BCUT2D eigenvalue weighted by molar-refractivity contribution is 8.01. The lowest BCUT2D eigenvalue weighted by Crippen LogP contribution is -2.79. The van der Waals surface area contributed by atoms with Crippen LogP contribution in [0.2, 0.25) is 0 Å². The van der Waals surface area contributed by atoms with Gasteiger partial charge in [-0.15, -0.1) is 11.8 Å². The molecule has 2 saturated heterocycles. The third-order valence-corrected chi connectivity index (χ3v) is 4.88. The number of hydrogen-bond donors (Lipinski definition) is 3. The zero-order chi connectivity index (χ0) is 12.3. The third kappa shape index (κ3) is 1.16. The average molecular weight is 246 g/mol. The number of aliphatic hydroxyl groups excluding tert-OH is 1. The van der Waals surface area contributed by atoms with Crippen LogP contribution in [0.15, 0.2) is 0 Å². The molecule has 0 aromatic carbocycles. The van der Waals surface area contributed by atoms with Crippen LogP contribution >= 0.6 is 11.8 Å². The standard InChI is InChI=1S/C9H14N2O4S/c1-8(2)4(5(13)14)11-6(15)9(10,3-12)7(11)16-8/h4,7,12H,3,10H2,1-2H3,(H,13,14)/t4-,7+,9-/m0/s1. The van der Waals surface area contributed by atoms with Crippen molar-refractivity contribution in [2.75, 3.05) is 6.61 Å². The first-order chi connectivity index (χ1) is 7.25. The van der Waals surface area contributed by atoms with Crippen LogP contribution in [-0.2, 0) is 9.59 Å². The lowest BCUT2D eigenvalue weighted by Gasteiger charge is -2.49. The van der Waals surface area contributed by atoms with Gasteiger partial charge in [0.1, 0.15) is 17.0 Å². The summed E-state index contributed by atoms with van der Waals surface area (Å²) in [4.78, 5) is 24.2. The number of fused-ring (bicyclic) bond motifs is 1. The molecule has 90 valence electrons. The topological polar surface area (TPSA) is 104 Å². The minimum absolute atomic E-state index is 0.443. The van der Waals surface area contributed by atoms with Crippen molar-refractivity contribution in [1.29, 1.82) is 0 Å². The van der Waals surface area contributed by atoms with Gasteiger partial charge in [0.05, 0.1) is 6.61 Å². The van der Waals surface area contributed by atoms with Crippen molar-refractivity contribution in [2.24, 2.45) is 5.73 Å². The molecule has 3 atom stereocenters. The Kier molecular flexibility index (Phi) is 2.28. The van der Waals surface area contributed by atoms with E-state index < -0.39 is 40.2 Å². The van der Waals surface area contributed by atoms with E-state index in [9.17, 15) is 9.59 Å². The summed E-state index contributed by atoms with van der Waals surface area (Å²) in [6.45, 7) is 3.07. The molecule has 0 saturated carbocycles. The van der Waals surface area contributed by atoms with Crippen LogP contribution in [-0.4, -0.2) is 55.3 Å². The lowest BCUT2D eigenvalue weighted by atomic mass is 9.86. The largest absolute Gasteiger partial charge is 0.480 e. The number of carboxylic acids is 1. The smallest absolute Gasteiger partial charge is 0.327 e. The van der Waals surface area contributed by atoms with Crippen LogP contribution < -0.4 is 5.73 Å². The van der Waals surface area contributed by atoms with Crippen LogP contribution in [0.25, 0.3) is 0 Å². The second-order valence-electron chi connectivity index (χ2n) is 4.73. The Bertz CT molecular complexity index is 373. The number of carbonyl (C=O) groups is 2. The van der Waals surface area contributed by atoms with E-state index in [0.29, 0.717) is 0 Å². The summed E-state index contributed by atoms with van der Waals surface area (Å²) in [7, 11) is 0. The van der Waals surface area contributed by atoms with E-state index in [1.807, 2.05) is 0 Å². The predicted octanol–water partition coefficient (Wildman–Crippen LogP) is -1.18. The van der Waals surface area contributed by atoms with E-state index in [0.717, 1.165) is 0 Å². The van der Waals surface area contributed by atoms with Crippen LogP contribution in [0.4, 0.5) is 0 Å². The number of aliphatic hydroxyl groups is 1. The van der Waals surface area contributed by atoms with Gasteiger partial charge in [0, 0.05) is 4.75 Å². The SMILES string of the molecule is CC1(C)S[C@H]2N(C(=O)[C@@]2(N)CO)[C@H]1C(=O)O. The van der Waals surface area contributed by atoms with Gasteiger partial charge in [0.15, 0.2) is 0 Å². The van der Waals surface area contributed by atoms with Crippen molar-refractivity contribution in [3.63, 3.8) is 0 Å². The molecule has 6 nitrogen and oxygen atoms in total. The molecule has 16 heavy (non-hydrogen) atoms. The summed E-state index contributed by atoms with van der Waals surface area (Å²) < 4.78 is -0.595. The molecule has 2 aliphatic heterocycles. The van der Waals surface area contributed by atoms with Gasteiger partial charge in [0.2, 0.25) is 5.91 Å². The van der Waals surface area contributed by atoms with Crippen LogP contribution in [0.1, 0.15) is 13.8 Å². The normalized spacial score (nSPS) is 40.5. The lowest BCUT2D eigenvalue weighted by molar-refractivity contribution is -0.167. The summed E-state index contributed by atoms with van der Waals surface area (Å²) >= 11 is 1.33. The van der Waals surface area contributed by atoms with Gasteiger partial charge >= 0.3 is 5.97 Å². The minimum Gasteiger partial charge on any atom is -0.480 e. The molecule has 0 radical (unpaired) electrons. The van der Waals surface area contributed by atoms with E-state index in [1.54, 1.807) is 13.8 Å². The maximum Gasteiger partial charge on any atom is 0.327 e. The fourth-order valence-electron chi connectivity index (χ4n) is 2.30. The summed E-state index contributed by atoms with van der Waals surface area (Å²) in [6.07, 6.45) is 0. The molecule has 0 bridgehead atoms. The molecule has 1 amide bonds. The number of aliphatic carboxylic acids is 1. The predicted molar refractivity (Wildman–Crippen MR) is 57.7 cm³/mol. The highest BCUT2D eigenvalue weighted by Gasteiger charge is 2.69. The third-order valence-electron chi connectivity index (χ3n) is 3.17. The number of carboxylic acid groups (broad SMARTS) is 1. The Labute approximate surface area is 96.8 Å². The molecule has 7 heteroatoms. The fourth-order valence-corrected chi connectivity index (χ4v) is 3.93. The van der Waals surface area contributed by atoms with E-state index in [-0.39, 0.29) is 0 Å². The first kappa shape index (κ1) is 11.7. The molecule has 4 N–H and O–H groups in total. The fraction of sp³-hybridized carbons (Fsp3) is 0.778. The first-order valence-corrected chi connectivity index (χ1v) is 5.77. The van der Waals surface area contributed by atoms with Gasteiger partial charge in [-0.25, -0.2) is 4.79 Å². The average Bonchev–Trinajstić information content (AvgIpc) is 2.46.